The number of nitrogens with two attached hydrogens (primary N) is 1. The van der Waals surface area contributed by atoms with Crippen LogP contribution >= 0.6 is 11.3 Å². The summed E-state index contributed by atoms with van der Waals surface area (Å²) in [4.78, 5) is 16.4. The number of nitrogens with one attached hydrogen (secondary N) is 2. The first-order chi connectivity index (χ1) is 9.65. The highest BCUT2D eigenvalue weighted by molar-refractivity contribution is 7.09. The first kappa shape index (κ1) is 13.1. The van der Waals surface area contributed by atoms with Crippen LogP contribution in [-0.2, 0) is 6.42 Å². The maximum Gasteiger partial charge on any atom is 0.273 e. The van der Waals surface area contributed by atoms with Crippen LogP contribution in [0.25, 0.3) is 0 Å². The van der Waals surface area contributed by atoms with Gasteiger partial charge in [-0.25, -0.2) is 4.98 Å². The average Bonchev–Trinajstić information content (AvgIpc) is 3.07. The molecule has 0 aliphatic heterocycles. The first-order valence-electron chi connectivity index (χ1n) is 6.68. The van der Waals surface area contributed by atoms with Gasteiger partial charge in [-0.05, 0) is 19.8 Å². The monoisotopic (exact) mass is 291 g/mol. The fourth-order valence-electron chi connectivity index (χ4n) is 2.10. The summed E-state index contributed by atoms with van der Waals surface area (Å²) in [5.74, 6) is 0.237. The standard InChI is InChI=1S/C13H17N5OS/c1-7-6-20-9(16-7)4-5-15-13(19)12-10(14)11(17-18-12)8-2-3-8/h6,8H,2-5,14H2,1H3,(H,15,19)(H,17,18). The molecule has 1 aliphatic carbocycles. The van der Waals surface area contributed by atoms with Crippen LogP contribution in [-0.4, -0.2) is 27.6 Å². The van der Waals surface area contributed by atoms with Gasteiger partial charge in [-0.1, -0.05) is 0 Å². The number of hydrogen-bond acceptors (Lipinski definition) is 5. The third kappa shape index (κ3) is 2.67. The van der Waals surface area contributed by atoms with Crippen molar-refractivity contribution in [3.05, 3.63) is 27.5 Å². The normalized spacial score (nSPS) is 14.4. The summed E-state index contributed by atoms with van der Waals surface area (Å²) in [6.45, 7) is 2.50. The SMILES string of the molecule is Cc1csc(CCNC(=O)c2n[nH]c(C3CC3)c2N)n1. The van der Waals surface area contributed by atoms with E-state index in [-0.39, 0.29) is 5.91 Å². The van der Waals surface area contributed by atoms with Crippen LogP contribution < -0.4 is 11.1 Å². The first-order valence-corrected chi connectivity index (χ1v) is 7.56. The number of amides is 1. The molecule has 20 heavy (non-hydrogen) atoms. The summed E-state index contributed by atoms with van der Waals surface area (Å²) in [5, 5.41) is 12.8. The molecule has 6 nitrogen and oxygen atoms in total. The molecule has 2 aromatic heterocycles. The fourth-order valence-corrected chi connectivity index (χ4v) is 2.88. The van der Waals surface area contributed by atoms with E-state index in [1.165, 1.54) is 0 Å². The van der Waals surface area contributed by atoms with Crippen LogP contribution in [0.4, 0.5) is 5.69 Å². The Morgan fingerprint density at radius 1 is 1.60 bits per heavy atom. The maximum atomic E-state index is 12.0. The van der Waals surface area contributed by atoms with Crippen molar-refractivity contribution in [3.63, 3.8) is 0 Å². The molecule has 0 spiro atoms. The summed E-state index contributed by atoms with van der Waals surface area (Å²) < 4.78 is 0. The zero-order chi connectivity index (χ0) is 14.1. The van der Waals surface area contributed by atoms with Crippen molar-refractivity contribution >= 4 is 22.9 Å². The molecule has 0 bridgehead atoms. The Morgan fingerprint density at radius 3 is 3.05 bits per heavy atom. The molecule has 0 atom stereocenters. The van der Waals surface area contributed by atoms with Gasteiger partial charge in [-0.15, -0.1) is 11.3 Å². The number of nitrogens with zero attached hydrogens (tertiary/aromatic N) is 2. The van der Waals surface area contributed by atoms with Crippen molar-refractivity contribution in [2.75, 3.05) is 12.3 Å². The largest absolute Gasteiger partial charge is 0.395 e. The minimum Gasteiger partial charge on any atom is -0.395 e. The Labute approximate surface area is 120 Å². The van der Waals surface area contributed by atoms with Crippen molar-refractivity contribution in [3.8, 4) is 0 Å². The zero-order valence-corrected chi connectivity index (χ0v) is 12.1. The number of thiazole rings is 1. The third-order valence-corrected chi connectivity index (χ3v) is 4.35. The molecule has 0 unspecified atom stereocenters. The number of nitrogen functional groups attached to an aromatic ring is 1. The number of H-pyrrole nitrogens is 1. The van der Waals surface area contributed by atoms with E-state index in [9.17, 15) is 4.79 Å². The number of carbonyl (C=O) groups is 1. The van der Waals surface area contributed by atoms with E-state index in [4.69, 9.17) is 5.73 Å². The number of rotatable bonds is 5. The second-order valence-corrected chi connectivity index (χ2v) is 6.01. The minimum absolute atomic E-state index is 0.223. The molecular formula is C13H17N5OS. The Morgan fingerprint density at radius 2 is 2.40 bits per heavy atom. The summed E-state index contributed by atoms with van der Waals surface area (Å²) in [5.41, 5.74) is 8.69. The number of aromatic nitrogens is 3. The van der Waals surface area contributed by atoms with Gasteiger partial charge in [0.1, 0.15) is 0 Å². The smallest absolute Gasteiger partial charge is 0.273 e. The Bertz CT molecular complexity index is 628. The second kappa shape index (κ2) is 5.24. The van der Waals surface area contributed by atoms with Gasteiger partial charge < -0.3 is 11.1 Å². The molecule has 2 aromatic rings. The van der Waals surface area contributed by atoms with E-state index >= 15 is 0 Å². The van der Waals surface area contributed by atoms with Gasteiger partial charge in [0.05, 0.1) is 16.4 Å². The molecule has 106 valence electrons. The molecule has 0 aromatic carbocycles. The van der Waals surface area contributed by atoms with Crippen molar-refractivity contribution < 1.29 is 4.79 Å². The lowest BCUT2D eigenvalue weighted by Gasteiger charge is -2.02. The molecular weight excluding hydrogens is 274 g/mol. The van der Waals surface area contributed by atoms with Gasteiger partial charge in [0.2, 0.25) is 0 Å². The highest BCUT2D eigenvalue weighted by atomic mass is 32.1. The average molecular weight is 291 g/mol. The number of anilines is 1. The molecule has 4 N–H and O–H groups in total. The molecule has 7 heteroatoms. The van der Waals surface area contributed by atoms with E-state index in [0.717, 1.165) is 35.7 Å². The van der Waals surface area contributed by atoms with E-state index in [1.807, 2.05) is 12.3 Å². The molecule has 3 rings (SSSR count). The van der Waals surface area contributed by atoms with Crippen LogP contribution in [0.2, 0.25) is 0 Å². The molecule has 1 amide bonds. The molecule has 1 saturated carbocycles. The topological polar surface area (TPSA) is 96.7 Å². The van der Waals surface area contributed by atoms with E-state index < -0.39 is 0 Å². The van der Waals surface area contributed by atoms with Crippen molar-refractivity contribution in [2.24, 2.45) is 0 Å². The van der Waals surface area contributed by atoms with E-state index in [2.05, 4.69) is 20.5 Å². The quantitative estimate of drug-likeness (QED) is 0.779. The van der Waals surface area contributed by atoms with E-state index in [1.54, 1.807) is 11.3 Å². The fraction of sp³-hybridized carbons (Fsp3) is 0.462. The van der Waals surface area contributed by atoms with Gasteiger partial charge in [-0.3, -0.25) is 9.89 Å². The minimum atomic E-state index is -0.223. The molecule has 0 saturated heterocycles. The van der Waals surface area contributed by atoms with Gasteiger partial charge in [0.15, 0.2) is 5.69 Å². The number of carbonyl (C=O) groups excluding carboxylic acids is 1. The zero-order valence-electron chi connectivity index (χ0n) is 11.3. The summed E-state index contributed by atoms with van der Waals surface area (Å²) >= 11 is 1.61. The molecule has 2 heterocycles. The predicted octanol–water partition coefficient (Wildman–Crippen LogP) is 1.61. The third-order valence-electron chi connectivity index (χ3n) is 3.33. The lowest BCUT2D eigenvalue weighted by Crippen LogP contribution is -2.26. The summed E-state index contributed by atoms with van der Waals surface area (Å²) in [6.07, 6.45) is 2.97. The highest BCUT2D eigenvalue weighted by Gasteiger charge is 2.30. The molecule has 1 fully saturated rings. The second-order valence-electron chi connectivity index (χ2n) is 5.06. The number of hydrogen-bond donors (Lipinski definition) is 3. The molecule has 1 aliphatic rings. The van der Waals surface area contributed by atoms with Crippen molar-refractivity contribution in [1.82, 2.24) is 20.5 Å². The van der Waals surface area contributed by atoms with E-state index in [0.29, 0.717) is 23.8 Å². The number of aromatic amines is 1. The van der Waals surface area contributed by atoms with Gasteiger partial charge in [0.25, 0.3) is 5.91 Å². The summed E-state index contributed by atoms with van der Waals surface area (Å²) in [6, 6.07) is 0. The van der Waals surface area contributed by atoms with Gasteiger partial charge >= 0.3 is 0 Å². The van der Waals surface area contributed by atoms with Gasteiger partial charge in [-0.2, -0.15) is 5.10 Å². The predicted molar refractivity (Wildman–Crippen MR) is 77.9 cm³/mol. The van der Waals surface area contributed by atoms with Crippen molar-refractivity contribution in [2.45, 2.75) is 32.1 Å². The Hall–Kier alpha value is -1.89. The van der Waals surface area contributed by atoms with Crippen LogP contribution in [0.15, 0.2) is 5.38 Å². The van der Waals surface area contributed by atoms with Crippen molar-refractivity contribution in [1.29, 1.82) is 0 Å². The van der Waals surface area contributed by atoms with Crippen LogP contribution in [0.5, 0.6) is 0 Å². The number of aryl methyl sites for hydroxylation is 1. The van der Waals surface area contributed by atoms with Crippen LogP contribution in [0, 0.1) is 6.92 Å². The molecule has 0 radical (unpaired) electrons. The maximum absolute atomic E-state index is 12.0. The van der Waals surface area contributed by atoms with Crippen LogP contribution in [0.1, 0.15) is 45.6 Å². The lowest BCUT2D eigenvalue weighted by atomic mass is 10.2. The van der Waals surface area contributed by atoms with Gasteiger partial charge in [0, 0.05) is 30.0 Å². The lowest BCUT2D eigenvalue weighted by molar-refractivity contribution is 0.0950. The summed E-state index contributed by atoms with van der Waals surface area (Å²) in [7, 11) is 0. The Balaban J connectivity index is 1.56. The Kier molecular flexibility index (Phi) is 3.43. The van der Waals surface area contributed by atoms with Crippen LogP contribution in [0.3, 0.4) is 0 Å². The highest BCUT2D eigenvalue weighted by Crippen LogP contribution is 2.42.